The van der Waals surface area contributed by atoms with Crippen molar-refractivity contribution in [1.82, 2.24) is 0 Å². The number of rotatable bonds is 7. The average molecular weight is 385 g/mol. The summed E-state index contributed by atoms with van der Waals surface area (Å²) < 4.78 is 32.2. The molecule has 0 fully saturated rings. The molecule has 0 aliphatic heterocycles. The lowest BCUT2D eigenvalue weighted by Gasteiger charge is -2.23. The highest BCUT2D eigenvalue weighted by atomic mass is 35.5. The molecule has 0 heterocycles. The zero-order valence-corrected chi connectivity index (χ0v) is 15.2. The molecule has 0 aromatic heterocycles. The summed E-state index contributed by atoms with van der Waals surface area (Å²) in [5.74, 6) is 0.554. The summed E-state index contributed by atoms with van der Waals surface area (Å²) in [5.41, 5.74) is -0.174. The maximum absolute atomic E-state index is 12.9. The number of sulfonamides is 1. The molecule has 0 atom stereocenters. The van der Waals surface area contributed by atoms with Gasteiger partial charge in [0.2, 0.25) is 0 Å². The highest BCUT2D eigenvalue weighted by Crippen LogP contribution is 2.33. The van der Waals surface area contributed by atoms with Crippen LogP contribution in [0.15, 0.2) is 47.4 Å². The Morgan fingerprint density at radius 3 is 2.32 bits per heavy atom. The van der Waals surface area contributed by atoms with Crippen LogP contribution in [0.4, 0.5) is 11.4 Å². The monoisotopic (exact) mass is 384 g/mol. The molecule has 25 heavy (non-hydrogen) atoms. The number of non-ortho nitro benzene ring substituents is 1. The molecule has 0 saturated heterocycles. The third-order valence-corrected chi connectivity index (χ3v) is 5.64. The summed E-state index contributed by atoms with van der Waals surface area (Å²) in [7, 11) is -3.93. The van der Waals surface area contributed by atoms with Gasteiger partial charge in [-0.25, -0.2) is 8.42 Å². The lowest BCUT2D eigenvalue weighted by Crippen LogP contribution is -2.31. The van der Waals surface area contributed by atoms with Crippen molar-refractivity contribution in [2.45, 2.75) is 18.7 Å². The largest absolute Gasteiger partial charge is 0.494 e. The normalized spacial score (nSPS) is 11.2. The van der Waals surface area contributed by atoms with Crippen LogP contribution in [-0.2, 0) is 10.0 Å². The molecule has 0 amide bonds. The summed E-state index contributed by atoms with van der Waals surface area (Å²) in [6, 6.07) is 9.65. The molecule has 9 heteroatoms. The minimum atomic E-state index is -3.93. The first kappa shape index (κ1) is 19.0. The van der Waals surface area contributed by atoms with Crippen LogP contribution in [0.2, 0.25) is 5.02 Å². The molecule has 0 unspecified atom stereocenters. The number of hydrogen-bond donors (Lipinski definition) is 0. The highest BCUT2D eigenvalue weighted by molar-refractivity contribution is 7.92. The number of nitro benzene ring substituents is 1. The minimum Gasteiger partial charge on any atom is -0.494 e. The molecule has 7 nitrogen and oxygen atoms in total. The molecule has 0 spiro atoms. The Bertz CT molecular complexity index is 869. The van der Waals surface area contributed by atoms with E-state index < -0.39 is 14.9 Å². The predicted octanol–water partition coefficient (Wildman–Crippen LogP) is 3.86. The maximum atomic E-state index is 12.9. The van der Waals surface area contributed by atoms with Gasteiger partial charge in [0.05, 0.1) is 27.1 Å². The predicted molar refractivity (Wildman–Crippen MR) is 95.9 cm³/mol. The topological polar surface area (TPSA) is 89.8 Å². The summed E-state index contributed by atoms with van der Waals surface area (Å²) in [6.45, 7) is 3.99. The van der Waals surface area contributed by atoms with E-state index in [2.05, 4.69) is 0 Å². The van der Waals surface area contributed by atoms with Crippen LogP contribution in [0.5, 0.6) is 5.75 Å². The van der Waals surface area contributed by atoms with Crippen molar-refractivity contribution in [2.24, 2.45) is 0 Å². The molecule has 2 aromatic rings. The number of nitrogens with zero attached hydrogens (tertiary/aromatic N) is 2. The fourth-order valence-electron chi connectivity index (χ4n) is 2.28. The van der Waals surface area contributed by atoms with Gasteiger partial charge in [0.15, 0.2) is 0 Å². The molecule has 2 aromatic carbocycles. The first-order valence-corrected chi connectivity index (χ1v) is 9.32. The highest BCUT2D eigenvalue weighted by Gasteiger charge is 2.26. The van der Waals surface area contributed by atoms with E-state index in [1.54, 1.807) is 19.1 Å². The van der Waals surface area contributed by atoms with Crippen molar-refractivity contribution in [1.29, 1.82) is 0 Å². The zero-order valence-electron chi connectivity index (χ0n) is 13.7. The van der Waals surface area contributed by atoms with E-state index in [1.165, 1.54) is 24.3 Å². The van der Waals surface area contributed by atoms with E-state index in [1.807, 2.05) is 6.92 Å². The molecule has 0 saturated carbocycles. The maximum Gasteiger partial charge on any atom is 0.271 e. The van der Waals surface area contributed by atoms with Crippen molar-refractivity contribution in [3.05, 3.63) is 57.6 Å². The summed E-state index contributed by atoms with van der Waals surface area (Å²) in [5, 5.41) is 11.1. The van der Waals surface area contributed by atoms with E-state index in [0.29, 0.717) is 12.4 Å². The molecular formula is C16H17ClN2O5S. The number of hydrogen-bond acceptors (Lipinski definition) is 5. The molecule has 0 aliphatic carbocycles. The van der Waals surface area contributed by atoms with Crippen molar-refractivity contribution in [3.63, 3.8) is 0 Å². The molecular weight excluding hydrogens is 368 g/mol. The van der Waals surface area contributed by atoms with Gasteiger partial charge in [-0.3, -0.25) is 14.4 Å². The van der Waals surface area contributed by atoms with E-state index in [0.717, 1.165) is 10.4 Å². The fraction of sp³-hybridized carbons (Fsp3) is 0.250. The van der Waals surface area contributed by atoms with E-state index >= 15 is 0 Å². The van der Waals surface area contributed by atoms with Gasteiger partial charge in [0.25, 0.3) is 15.7 Å². The van der Waals surface area contributed by atoms with E-state index in [9.17, 15) is 18.5 Å². The standard InChI is InChI=1S/C16H17ClN2O5S/c1-3-18(16-11-12(19(20)21)5-10-15(16)17)25(22,23)14-8-6-13(7-9-14)24-4-2/h5-11H,3-4H2,1-2H3. The van der Waals surface area contributed by atoms with Gasteiger partial charge in [0.1, 0.15) is 5.75 Å². The number of nitro groups is 1. The van der Waals surface area contributed by atoms with Gasteiger partial charge >= 0.3 is 0 Å². The van der Waals surface area contributed by atoms with Crippen LogP contribution in [0.3, 0.4) is 0 Å². The van der Waals surface area contributed by atoms with Crippen LogP contribution < -0.4 is 9.04 Å². The lowest BCUT2D eigenvalue weighted by atomic mass is 10.3. The second-order valence-corrected chi connectivity index (χ2v) is 7.24. The second kappa shape index (κ2) is 7.71. The Labute approximate surface area is 151 Å². The molecule has 134 valence electrons. The van der Waals surface area contributed by atoms with Crippen LogP contribution in [0.1, 0.15) is 13.8 Å². The van der Waals surface area contributed by atoms with Crippen LogP contribution in [-0.4, -0.2) is 26.5 Å². The fourth-order valence-corrected chi connectivity index (χ4v) is 4.03. The van der Waals surface area contributed by atoms with E-state index in [4.69, 9.17) is 16.3 Å². The van der Waals surface area contributed by atoms with Crippen LogP contribution >= 0.6 is 11.6 Å². The second-order valence-electron chi connectivity index (χ2n) is 4.97. The molecule has 0 aliphatic rings. The first-order valence-electron chi connectivity index (χ1n) is 7.50. The number of anilines is 1. The Hall–Kier alpha value is -2.32. The lowest BCUT2D eigenvalue weighted by molar-refractivity contribution is -0.384. The van der Waals surface area contributed by atoms with Gasteiger partial charge in [-0.05, 0) is 44.2 Å². The van der Waals surface area contributed by atoms with Crippen LogP contribution in [0, 0.1) is 10.1 Å². The average Bonchev–Trinajstić information content (AvgIpc) is 2.57. The molecule has 2 rings (SSSR count). The third kappa shape index (κ3) is 4.02. The molecule has 0 N–H and O–H groups in total. The summed E-state index contributed by atoms with van der Waals surface area (Å²) in [6.07, 6.45) is 0. The van der Waals surface area contributed by atoms with E-state index in [-0.39, 0.29) is 27.8 Å². The Morgan fingerprint density at radius 1 is 1.16 bits per heavy atom. The molecule has 0 radical (unpaired) electrons. The zero-order chi connectivity index (χ0) is 18.6. The van der Waals surface area contributed by atoms with Crippen molar-refractivity contribution >= 4 is 33.0 Å². The van der Waals surface area contributed by atoms with Crippen molar-refractivity contribution < 1.29 is 18.1 Å². The SMILES string of the molecule is CCOc1ccc(S(=O)(=O)N(CC)c2cc([N+](=O)[O-])ccc2Cl)cc1. The summed E-state index contributed by atoms with van der Waals surface area (Å²) >= 11 is 6.09. The van der Waals surface area contributed by atoms with Crippen molar-refractivity contribution in [3.8, 4) is 5.75 Å². The van der Waals surface area contributed by atoms with Gasteiger partial charge < -0.3 is 4.74 Å². The first-order chi connectivity index (χ1) is 11.8. The number of ether oxygens (including phenoxy) is 1. The summed E-state index contributed by atoms with van der Waals surface area (Å²) in [4.78, 5) is 10.4. The van der Waals surface area contributed by atoms with Gasteiger partial charge in [-0.2, -0.15) is 0 Å². The van der Waals surface area contributed by atoms with Gasteiger partial charge in [-0.15, -0.1) is 0 Å². The smallest absolute Gasteiger partial charge is 0.271 e. The minimum absolute atomic E-state index is 0.0420. The Balaban J connectivity index is 2.48. The van der Waals surface area contributed by atoms with Crippen molar-refractivity contribution in [2.75, 3.05) is 17.5 Å². The van der Waals surface area contributed by atoms with Gasteiger partial charge in [0, 0.05) is 18.7 Å². The van der Waals surface area contributed by atoms with Crippen LogP contribution in [0.25, 0.3) is 0 Å². The number of benzene rings is 2. The Kier molecular flexibility index (Phi) is 5.86. The quantitative estimate of drug-likeness (QED) is 0.534. The Morgan fingerprint density at radius 2 is 1.80 bits per heavy atom. The molecule has 0 bridgehead atoms. The van der Waals surface area contributed by atoms with Gasteiger partial charge in [-0.1, -0.05) is 11.6 Å². The number of halogens is 1. The third-order valence-electron chi connectivity index (χ3n) is 3.42.